The maximum atomic E-state index is 11.1. The second-order valence-corrected chi connectivity index (χ2v) is 5.16. The van der Waals surface area contributed by atoms with Crippen molar-refractivity contribution in [1.82, 2.24) is 0 Å². The number of hydrogen-bond acceptors (Lipinski definition) is 3. The molecule has 15 heavy (non-hydrogen) atoms. The molecule has 1 N–H and O–H groups in total. The molecule has 1 aliphatic rings. The van der Waals surface area contributed by atoms with Crippen molar-refractivity contribution in [1.29, 1.82) is 0 Å². The average Bonchev–Trinajstić information content (AvgIpc) is 2.13. The van der Waals surface area contributed by atoms with Crippen molar-refractivity contribution in [2.75, 3.05) is 0 Å². The predicted octanol–water partition coefficient (Wildman–Crippen LogP) is 1.29. The molecule has 0 spiro atoms. The number of halogens is 1. The van der Waals surface area contributed by atoms with Crippen LogP contribution in [0.25, 0.3) is 0 Å². The molecule has 1 aliphatic heterocycles. The molecule has 0 bridgehead atoms. The molecule has 1 aromatic rings. The Morgan fingerprint density at radius 1 is 1.60 bits per heavy atom. The van der Waals surface area contributed by atoms with Gasteiger partial charge in [0, 0.05) is 11.6 Å². The van der Waals surface area contributed by atoms with Gasteiger partial charge in [-0.3, -0.25) is 0 Å². The van der Waals surface area contributed by atoms with E-state index in [0.29, 0.717) is 16.0 Å². The average molecular weight is 274 g/mol. The number of ether oxygens (including phenoxy) is 1. The second kappa shape index (κ2) is 3.35. The summed E-state index contributed by atoms with van der Waals surface area (Å²) in [4.78, 5) is -0.194. The summed E-state index contributed by atoms with van der Waals surface area (Å²) in [5.41, 5.74) is 0.101. The van der Waals surface area contributed by atoms with Crippen LogP contribution >= 0.6 is 15.9 Å². The van der Waals surface area contributed by atoms with Gasteiger partial charge in [0.15, 0.2) is 11.9 Å². The molecule has 82 valence electrons. The number of hydrogen-bond donors (Lipinski definition) is 1. The van der Waals surface area contributed by atoms with Crippen molar-refractivity contribution in [3.8, 4) is 5.75 Å². The summed E-state index contributed by atoms with van der Waals surface area (Å²) >= 11 is 3.40. The molecular weight excluding hydrogens is 262 g/mol. The Morgan fingerprint density at radius 3 is 2.93 bits per heavy atom. The molecule has 5 heteroatoms. The molecular formula is C10H12BrNO3. The van der Waals surface area contributed by atoms with Gasteiger partial charge < -0.3 is 15.1 Å². The first-order chi connectivity index (χ1) is 6.92. The van der Waals surface area contributed by atoms with E-state index < -0.39 is 11.7 Å². The van der Waals surface area contributed by atoms with E-state index in [4.69, 9.17) is 4.74 Å². The smallest absolute Gasteiger partial charge is 0.222 e. The quantitative estimate of drug-likeness (QED) is 0.440. The Kier molecular flexibility index (Phi) is 2.39. The highest BCUT2D eigenvalue weighted by molar-refractivity contribution is 9.09. The number of aliphatic hydroxyl groups is 1. The number of rotatable bonds is 0. The topological polar surface area (TPSA) is 56.4 Å². The van der Waals surface area contributed by atoms with Gasteiger partial charge in [-0.15, -0.1) is 0 Å². The summed E-state index contributed by atoms with van der Waals surface area (Å²) in [6.45, 7) is 3.72. The fourth-order valence-electron chi connectivity index (χ4n) is 1.68. The molecule has 4 nitrogen and oxygen atoms in total. The normalized spacial score (nSPS) is 28.0. The van der Waals surface area contributed by atoms with Crippen molar-refractivity contribution in [3.05, 3.63) is 29.2 Å². The third-order valence-electron chi connectivity index (χ3n) is 2.56. The van der Waals surface area contributed by atoms with E-state index in [1.54, 1.807) is 6.07 Å². The van der Waals surface area contributed by atoms with Gasteiger partial charge in [-0.1, -0.05) is 15.9 Å². The molecule has 1 aromatic heterocycles. The first kappa shape index (κ1) is 10.7. The Morgan fingerprint density at radius 2 is 2.27 bits per heavy atom. The summed E-state index contributed by atoms with van der Waals surface area (Å²) < 4.78 is 6.32. The van der Waals surface area contributed by atoms with E-state index in [1.807, 2.05) is 13.8 Å². The standard InChI is InChI=1S/C10H12BrNO3/c1-10(2)9(11)8(13)6-3-4-12(14)5-7(6)15-10/h3-5,8-9,13H,1-2H3/t8-,9+/m0/s1. The third-order valence-corrected chi connectivity index (χ3v) is 4.17. The van der Waals surface area contributed by atoms with Gasteiger partial charge in [-0.25, -0.2) is 0 Å². The molecule has 2 heterocycles. The van der Waals surface area contributed by atoms with Gasteiger partial charge in [-0.2, -0.15) is 4.73 Å². The lowest BCUT2D eigenvalue weighted by Crippen LogP contribution is -2.46. The minimum absolute atomic E-state index is 0.194. The largest absolute Gasteiger partial charge is 0.619 e. The van der Waals surface area contributed by atoms with Crippen molar-refractivity contribution in [2.45, 2.75) is 30.4 Å². The Labute approximate surface area is 96.2 Å². The van der Waals surface area contributed by atoms with Gasteiger partial charge in [0.25, 0.3) is 0 Å². The highest BCUT2D eigenvalue weighted by atomic mass is 79.9. The molecule has 0 unspecified atom stereocenters. The van der Waals surface area contributed by atoms with Crippen LogP contribution in [0.1, 0.15) is 25.5 Å². The highest BCUT2D eigenvalue weighted by Gasteiger charge is 2.42. The van der Waals surface area contributed by atoms with Crippen LogP contribution < -0.4 is 9.47 Å². The van der Waals surface area contributed by atoms with Crippen LogP contribution in [0.3, 0.4) is 0 Å². The highest BCUT2D eigenvalue weighted by Crippen LogP contribution is 2.42. The summed E-state index contributed by atoms with van der Waals surface area (Å²) in [6.07, 6.45) is 2.02. The zero-order chi connectivity index (χ0) is 11.2. The molecule has 0 saturated heterocycles. The molecule has 2 rings (SSSR count). The molecule has 0 aromatic carbocycles. The molecule has 0 amide bonds. The fourth-order valence-corrected chi connectivity index (χ4v) is 2.05. The fraction of sp³-hybridized carbons (Fsp3) is 0.500. The van der Waals surface area contributed by atoms with E-state index >= 15 is 0 Å². The van der Waals surface area contributed by atoms with Crippen LogP contribution in [0.2, 0.25) is 0 Å². The van der Waals surface area contributed by atoms with Gasteiger partial charge in [0.1, 0.15) is 5.60 Å². The van der Waals surface area contributed by atoms with Gasteiger partial charge in [0.2, 0.25) is 6.20 Å². The first-order valence-corrected chi connectivity index (χ1v) is 5.57. The van der Waals surface area contributed by atoms with Crippen molar-refractivity contribution >= 4 is 15.9 Å². The van der Waals surface area contributed by atoms with E-state index in [0.717, 1.165) is 0 Å². The van der Waals surface area contributed by atoms with Gasteiger partial charge in [0.05, 0.1) is 10.9 Å². The van der Waals surface area contributed by atoms with Crippen LogP contribution in [0, 0.1) is 5.21 Å². The van der Waals surface area contributed by atoms with Crippen molar-refractivity contribution < 1.29 is 14.6 Å². The Balaban J connectivity index is 2.50. The molecule has 0 aliphatic carbocycles. The lowest BCUT2D eigenvalue weighted by molar-refractivity contribution is -0.606. The predicted molar refractivity (Wildman–Crippen MR) is 57.8 cm³/mol. The zero-order valence-corrected chi connectivity index (χ0v) is 10.1. The lowest BCUT2D eigenvalue weighted by atomic mass is 9.92. The van der Waals surface area contributed by atoms with Crippen LogP contribution in [0.5, 0.6) is 5.75 Å². The SMILES string of the molecule is CC1(C)Oc2c[n+]([O-])ccc2[C@H](O)[C@H]1Br. The summed E-state index contributed by atoms with van der Waals surface area (Å²) in [6, 6.07) is 1.58. The first-order valence-electron chi connectivity index (χ1n) is 4.66. The Bertz CT molecular complexity index is 394. The van der Waals surface area contributed by atoms with E-state index in [2.05, 4.69) is 15.9 Å². The Hall–Kier alpha value is -0.810. The van der Waals surface area contributed by atoms with Gasteiger partial charge in [-0.05, 0) is 13.8 Å². The van der Waals surface area contributed by atoms with E-state index in [9.17, 15) is 10.3 Å². The van der Waals surface area contributed by atoms with E-state index in [-0.39, 0.29) is 4.83 Å². The number of nitrogens with zero attached hydrogens (tertiary/aromatic N) is 1. The molecule has 2 atom stereocenters. The third kappa shape index (κ3) is 1.70. The summed E-state index contributed by atoms with van der Waals surface area (Å²) in [5.74, 6) is 0.445. The maximum Gasteiger partial charge on any atom is 0.222 e. The number of alkyl halides is 1. The summed E-state index contributed by atoms with van der Waals surface area (Å²) in [5, 5.41) is 21.1. The lowest BCUT2D eigenvalue weighted by Gasteiger charge is -2.39. The maximum absolute atomic E-state index is 11.1. The number of aliphatic hydroxyl groups excluding tert-OH is 1. The monoisotopic (exact) mass is 273 g/mol. The number of aromatic nitrogens is 1. The second-order valence-electron chi connectivity index (χ2n) is 4.18. The van der Waals surface area contributed by atoms with Crippen LogP contribution in [-0.2, 0) is 0 Å². The van der Waals surface area contributed by atoms with E-state index in [1.165, 1.54) is 12.4 Å². The van der Waals surface area contributed by atoms with Crippen LogP contribution in [0.15, 0.2) is 18.5 Å². The summed E-state index contributed by atoms with van der Waals surface area (Å²) in [7, 11) is 0. The minimum atomic E-state index is -0.662. The molecule has 0 saturated carbocycles. The minimum Gasteiger partial charge on any atom is -0.619 e. The van der Waals surface area contributed by atoms with Crippen LogP contribution in [-0.4, -0.2) is 15.5 Å². The number of fused-ring (bicyclic) bond motifs is 1. The van der Waals surface area contributed by atoms with Crippen molar-refractivity contribution in [2.24, 2.45) is 0 Å². The molecule has 0 radical (unpaired) electrons. The molecule has 0 fully saturated rings. The van der Waals surface area contributed by atoms with Crippen molar-refractivity contribution in [3.63, 3.8) is 0 Å². The zero-order valence-electron chi connectivity index (χ0n) is 8.48. The number of pyridine rings is 1. The van der Waals surface area contributed by atoms with Crippen LogP contribution in [0.4, 0.5) is 0 Å². The van der Waals surface area contributed by atoms with Gasteiger partial charge >= 0.3 is 0 Å².